The van der Waals surface area contributed by atoms with Crippen LogP contribution in [0.2, 0.25) is 0 Å². The highest BCUT2D eigenvalue weighted by Gasteiger charge is 2.65. The number of nitrogen functional groups attached to an aromatic ring is 1. The molecule has 3 unspecified atom stereocenters. The van der Waals surface area contributed by atoms with Crippen LogP contribution in [0.4, 0.5) is 40.1 Å². The van der Waals surface area contributed by atoms with Crippen LogP contribution >= 0.6 is 10.2 Å². The molecule has 260 valence electrons. The van der Waals surface area contributed by atoms with E-state index in [0.29, 0.717) is 12.1 Å². The summed E-state index contributed by atoms with van der Waals surface area (Å²) >= 11 is 0. The van der Waals surface area contributed by atoms with E-state index >= 15 is 4.39 Å². The minimum atomic E-state index is -9.90. The molecule has 1 aromatic carbocycles. The third-order valence-corrected chi connectivity index (χ3v) is 9.27. The molecule has 3 fully saturated rings. The lowest BCUT2D eigenvalue weighted by Gasteiger charge is -2.40. The van der Waals surface area contributed by atoms with Crippen LogP contribution in [0.1, 0.15) is 55.5 Å². The number of nitrogens with zero attached hydrogens (tertiary/aromatic N) is 3. The molecule has 3 saturated heterocycles. The highest BCUT2D eigenvalue weighted by atomic mass is 32.5. The van der Waals surface area contributed by atoms with Crippen molar-refractivity contribution in [2.75, 3.05) is 43.9 Å². The fourth-order valence-corrected chi connectivity index (χ4v) is 6.50. The maximum atomic E-state index is 15.3. The van der Waals surface area contributed by atoms with Gasteiger partial charge in [-0.3, -0.25) is 14.5 Å². The van der Waals surface area contributed by atoms with E-state index in [0.717, 1.165) is 6.20 Å². The highest BCUT2D eigenvalue weighted by molar-refractivity contribution is 8.45. The molecule has 3 aliphatic heterocycles. The number of likely N-dealkylation sites (tertiary alicyclic amines) is 1. The number of pyridine rings is 1. The summed E-state index contributed by atoms with van der Waals surface area (Å²) < 4.78 is 97.6. The second-order valence-electron chi connectivity index (χ2n) is 12.7. The van der Waals surface area contributed by atoms with Crippen LogP contribution in [0.15, 0.2) is 35.4 Å². The fourth-order valence-electron chi connectivity index (χ4n) is 5.85. The number of nitrogens with two attached hydrogens (primary N) is 1. The molecule has 18 heteroatoms. The first-order chi connectivity index (χ1) is 21.6. The summed E-state index contributed by atoms with van der Waals surface area (Å²) in [6.45, 7) is 5.37. The molecule has 3 N–H and O–H groups in total. The van der Waals surface area contributed by atoms with Gasteiger partial charge in [0.25, 0.3) is 11.8 Å². The number of carbonyl (C=O) groups excluding carboxylic acids is 3. The molecule has 0 radical (unpaired) electrons. The topological polar surface area (TPSA) is 136 Å². The van der Waals surface area contributed by atoms with E-state index < -0.39 is 68.6 Å². The molecule has 3 amide bonds. The Bertz CT molecular complexity index is 1570. The first-order valence-electron chi connectivity index (χ1n) is 14.7. The third-order valence-electron chi connectivity index (χ3n) is 8.11. The predicted octanol–water partition coefficient (Wildman–Crippen LogP) is 5.82. The molecule has 3 aliphatic rings. The van der Waals surface area contributed by atoms with E-state index in [1.807, 2.05) is 0 Å². The molecule has 2 aromatic rings. The van der Waals surface area contributed by atoms with E-state index in [-0.39, 0.29) is 80.5 Å². The van der Waals surface area contributed by atoms with Gasteiger partial charge in [0, 0.05) is 24.2 Å². The van der Waals surface area contributed by atoms with Gasteiger partial charge in [-0.25, -0.2) is 14.2 Å². The Balaban J connectivity index is 1.29. The van der Waals surface area contributed by atoms with Crippen molar-refractivity contribution in [1.82, 2.24) is 14.8 Å². The minimum absolute atomic E-state index is 0.0417. The molecule has 0 bridgehead atoms. The zero-order valence-electron chi connectivity index (χ0n) is 25.7. The zero-order chi connectivity index (χ0) is 34.6. The second kappa shape index (κ2) is 11.4. The summed E-state index contributed by atoms with van der Waals surface area (Å²) in [4.78, 5) is 43.8. The van der Waals surface area contributed by atoms with Crippen LogP contribution in [0.3, 0.4) is 0 Å². The van der Waals surface area contributed by atoms with E-state index in [9.17, 15) is 33.8 Å². The lowest BCUT2D eigenvalue weighted by atomic mass is 9.88. The number of anilines is 2. The maximum absolute atomic E-state index is 15.3. The molecule has 11 nitrogen and oxygen atoms in total. The molecule has 3 atom stereocenters. The van der Waals surface area contributed by atoms with Crippen LogP contribution in [-0.4, -0.2) is 89.4 Å². The van der Waals surface area contributed by atoms with Crippen molar-refractivity contribution >= 4 is 39.6 Å². The molecule has 5 rings (SSSR count). The van der Waals surface area contributed by atoms with Crippen LogP contribution in [-0.2, 0) is 19.0 Å². The second-order valence-corrected chi connectivity index (χ2v) is 15.1. The van der Waals surface area contributed by atoms with E-state index in [2.05, 4.69) is 10.3 Å². The van der Waals surface area contributed by atoms with Gasteiger partial charge < -0.3 is 30.2 Å². The molecule has 4 heterocycles. The van der Waals surface area contributed by atoms with Crippen LogP contribution in [0.5, 0.6) is 0 Å². The standard InChI is InChI=1S/C29H35F6N5O6S/c1-29(2,3)46-28(43)40-13-21(45-22-15-44-14-20(22)40)26(41)38-24-23(19(30)12-37-25(24)36)16-8-10-39(11-9-16)27(42)17-4-6-18(7-5-17)47(31,32,33,34)35/h4-7,12,16,20-22H,8-11,13-15H2,1-3H3,(H2,36,37)(H,38,41). The number of hydrogen-bond donors (Lipinski definition) is 2. The number of aromatic nitrogens is 1. The van der Waals surface area contributed by atoms with Crippen molar-refractivity contribution in [3.05, 3.63) is 47.4 Å². The Labute approximate surface area is 266 Å². The Morgan fingerprint density at radius 1 is 1.04 bits per heavy atom. The van der Waals surface area contributed by atoms with Gasteiger partial charge >= 0.3 is 16.3 Å². The number of nitrogens with one attached hydrogen (secondary N) is 1. The van der Waals surface area contributed by atoms with Crippen molar-refractivity contribution < 1.29 is 52.4 Å². The smallest absolute Gasteiger partial charge is 0.410 e. The number of rotatable bonds is 5. The van der Waals surface area contributed by atoms with E-state index in [1.165, 1.54) is 9.80 Å². The van der Waals surface area contributed by atoms with Crippen LogP contribution in [0.25, 0.3) is 0 Å². The van der Waals surface area contributed by atoms with Gasteiger partial charge in [-0.1, -0.05) is 19.4 Å². The van der Waals surface area contributed by atoms with Crippen molar-refractivity contribution in [3.8, 4) is 0 Å². The largest absolute Gasteiger partial charge is 0.444 e. The first kappa shape index (κ1) is 34.6. The molecular formula is C29H35F6N5O6S. The van der Waals surface area contributed by atoms with Crippen molar-refractivity contribution in [3.63, 3.8) is 0 Å². The normalized spacial score (nSPS) is 23.8. The highest BCUT2D eigenvalue weighted by Crippen LogP contribution is 3.02. The van der Waals surface area contributed by atoms with Gasteiger partial charge in [-0.15, -0.1) is 0 Å². The summed E-state index contributed by atoms with van der Waals surface area (Å²) in [5, 5.41) is 2.62. The summed E-state index contributed by atoms with van der Waals surface area (Å²) in [6.07, 6.45) is -1.20. The lowest BCUT2D eigenvalue weighted by Crippen LogP contribution is -2.59. The van der Waals surface area contributed by atoms with Crippen molar-refractivity contribution in [1.29, 1.82) is 0 Å². The van der Waals surface area contributed by atoms with Crippen molar-refractivity contribution in [2.24, 2.45) is 0 Å². The maximum Gasteiger partial charge on any atom is 0.410 e. The van der Waals surface area contributed by atoms with Crippen LogP contribution in [0, 0.1) is 5.82 Å². The average Bonchev–Trinajstić information content (AvgIpc) is 3.45. The monoisotopic (exact) mass is 695 g/mol. The molecule has 47 heavy (non-hydrogen) atoms. The van der Waals surface area contributed by atoms with E-state index in [1.54, 1.807) is 20.8 Å². The summed E-state index contributed by atoms with van der Waals surface area (Å²) in [5.41, 5.74) is 5.02. The number of carbonyl (C=O) groups is 3. The Hall–Kier alpha value is -3.77. The number of fused-ring (bicyclic) bond motifs is 1. The quantitative estimate of drug-likeness (QED) is 0.374. The molecule has 1 aromatic heterocycles. The molecule has 0 saturated carbocycles. The molecule has 0 spiro atoms. The summed E-state index contributed by atoms with van der Waals surface area (Å²) in [5.74, 6) is -2.91. The summed E-state index contributed by atoms with van der Waals surface area (Å²) in [6, 6.07) is 1.26. The SMILES string of the molecule is CC(C)(C)OC(=O)N1CC(C(=O)Nc2c(N)ncc(F)c2C2CCN(C(=O)c3ccc(S(F)(F)(F)(F)F)cc3)CC2)OC2COCC21. The van der Waals surface area contributed by atoms with Gasteiger partial charge in [0.2, 0.25) is 0 Å². The first-order valence-corrected chi connectivity index (χ1v) is 16.7. The minimum Gasteiger partial charge on any atom is -0.444 e. The summed E-state index contributed by atoms with van der Waals surface area (Å²) in [7, 11) is -9.90. The van der Waals surface area contributed by atoms with Gasteiger partial charge in [-0.2, -0.15) is 0 Å². The number of morpholine rings is 1. The van der Waals surface area contributed by atoms with E-state index in [4.69, 9.17) is 19.9 Å². The van der Waals surface area contributed by atoms with Crippen LogP contribution < -0.4 is 11.1 Å². The van der Waals surface area contributed by atoms with Crippen molar-refractivity contribution in [2.45, 2.75) is 68.3 Å². The Morgan fingerprint density at radius 3 is 2.28 bits per heavy atom. The van der Waals surface area contributed by atoms with Gasteiger partial charge in [0.05, 0.1) is 37.7 Å². The number of benzene rings is 1. The van der Waals surface area contributed by atoms with Gasteiger partial charge in [0.1, 0.15) is 28.2 Å². The predicted molar refractivity (Wildman–Crippen MR) is 159 cm³/mol. The number of piperidine rings is 1. The zero-order valence-corrected chi connectivity index (χ0v) is 26.5. The Kier molecular flexibility index (Phi) is 8.41. The fraction of sp³-hybridized carbons (Fsp3) is 0.517. The number of amides is 3. The number of halogens is 6. The molecule has 0 aliphatic carbocycles. The third kappa shape index (κ3) is 7.70. The number of ether oxygens (including phenoxy) is 3. The number of hydrogen-bond acceptors (Lipinski definition) is 8. The lowest BCUT2D eigenvalue weighted by molar-refractivity contribution is -0.144. The van der Waals surface area contributed by atoms with Gasteiger partial charge in [0.15, 0.2) is 6.10 Å². The molecular weight excluding hydrogens is 660 g/mol. The Morgan fingerprint density at radius 2 is 1.68 bits per heavy atom. The van der Waals surface area contributed by atoms with Gasteiger partial charge in [-0.05, 0) is 63.8 Å². The average molecular weight is 696 g/mol.